The van der Waals surface area contributed by atoms with E-state index in [1.165, 1.54) is 14.2 Å². The van der Waals surface area contributed by atoms with E-state index < -0.39 is 138 Å². The fourth-order valence-corrected chi connectivity index (χ4v) is 12.7. The monoisotopic (exact) mass is 1230 g/mol. The predicted molar refractivity (Wildman–Crippen MR) is 315 cm³/mol. The molecule has 0 aromatic heterocycles. The van der Waals surface area contributed by atoms with Gasteiger partial charge in [-0.1, -0.05) is 71.1 Å². The summed E-state index contributed by atoms with van der Waals surface area (Å²) < 4.78 is 75.7. The molecule has 5 fully saturated rings. The molecular weight excluding hydrogens is 1130 g/mol. The number of Topliss-reactive ketones (excluding diaryl/α,β-unsaturated/α-hetero) is 3. The van der Waals surface area contributed by atoms with Crippen molar-refractivity contribution in [3.05, 3.63) is 47.6 Å². The minimum Gasteiger partial charge on any atom is -0.460 e. The molecule has 1 amide bonds. The molecule has 0 aromatic rings. The van der Waals surface area contributed by atoms with Crippen LogP contribution in [0.15, 0.2) is 47.6 Å². The van der Waals surface area contributed by atoms with Crippen LogP contribution in [0.5, 0.6) is 0 Å². The summed E-state index contributed by atoms with van der Waals surface area (Å²) in [7, 11) is 4.44. The van der Waals surface area contributed by atoms with E-state index in [0.717, 1.165) is 10.5 Å². The van der Waals surface area contributed by atoms with Crippen LogP contribution in [0, 0.1) is 35.5 Å². The molecule has 6 aliphatic rings. The van der Waals surface area contributed by atoms with Crippen LogP contribution < -0.4 is 0 Å². The lowest BCUT2D eigenvalue weighted by atomic mass is 9.78. The first-order chi connectivity index (χ1) is 41.1. The Balaban J connectivity index is 1.30. The van der Waals surface area contributed by atoms with Gasteiger partial charge in [0.2, 0.25) is 5.79 Å². The molecule has 1 saturated carbocycles. The third-order valence-corrected chi connectivity index (χ3v) is 17.8. The van der Waals surface area contributed by atoms with E-state index in [0.29, 0.717) is 57.8 Å². The standard InChI is InChI=1S/C65H99NO21/c1-38-20-16-15-17-21-39(2)52(75-12)32-46-25-23-44(7)65(74,87-46)58(69)59(70)66-27-19-18-22-49(66)60(71)82-53(41(4)30-45-24-26-51(54(31-45)76-13)83-61(72)78-34-47-36-80-63(8,9)85-47)33-50(67)40(3)29-43(6)56(57(77-14)55(68)42(5)28-38)84-62(73)79-35-48-37-81-64(10,11)86-48/h15-17,20-21,29,38,41-49,51-54,56-57,74H,18-19,22-28,30-37H2,1-14H3/b17-15?,20-16?,39-21?,40-29+/t38-,41-,42-,43?,44-,45+,46?,47?,48?,49?,51-,52+,53+,54-,56-,57+,65-/m1/s1. The largest absolute Gasteiger partial charge is 0.508 e. The summed E-state index contributed by atoms with van der Waals surface area (Å²) in [6.07, 6.45) is 6.33. The maximum absolute atomic E-state index is 14.8. The van der Waals surface area contributed by atoms with Gasteiger partial charge in [-0.05, 0) is 135 Å². The molecule has 17 atom stereocenters. The molecule has 5 aliphatic heterocycles. The number of ether oxygens (including phenoxy) is 13. The highest BCUT2D eigenvalue weighted by molar-refractivity contribution is 6.39. The Bertz CT molecular complexity index is 2490. The second kappa shape index (κ2) is 32.2. The smallest absolute Gasteiger partial charge is 0.460 e. The molecule has 22 heteroatoms. The minimum atomic E-state index is -2.50. The van der Waals surface area contributed by atoms with E-state index in [2.05, 4.69) is 0 Å². The normalized spacial score (nSPS) is 36.4. The first-order valence-electron chi connectivity index (χ1n) is 31.2. The van der Waals surface area contributed by atoms with Crippen LogP contribution >= 0.6 is 0 Å². The maximum Gasteiger partial charge on any atom is 0.508 e. The number of cyclic esters (lactones) is 1. The Labute approximate surface area is 513 Å². The highest BCUT2D eigenvalue weighted by Crippen LogP contribution is 2.39. The number of ketones is 3. The Morgan fingerprint density at radius 3 is 2.01 bits per heavy atom. The lowest BCUT2D eigenvalue weighted by Gasteiger charge is -2.42. The van der Waals surface area contributed by atoms with Crippen LogP contribution in [0.3, 0.4) is 0 Å². The van der Waals surface area contributed by atoms with Crippen LogP contribution in [-0.2, 0) is 85.6 Å². The van der Waals surface area contributed by atoms with Crippen LogP contribution in [0.2, 0.25) is 0 Å². The lowest BCUT2D eigenvalue weighted by Crippen LogP contribution is -2.61. The zero-order valence-electron chi connectivity index (χ0n) is 53.8. The Morgan fingerprint density at radius 1 is 0.747 bits per heavy atom. The van der Waals surface area contributed by atoms with Gasteiger partial charge in [-0.3, -0.25) is 19.2 Å². The molecule has 0 aromatic carbocycles. The van der Waals surface area contributed by atoms with E-state index >= 15 is 0 Å². The number of carbonyl (C=O) groups excluding carboxylic acids is 7. The van der Waals surface area contributed by atoms with Gasteiger partial charge in [0.05, 0.1) is 31.5 Å². The van der Waals surface area contributed by atoms with E-state index in [1.807, 2.05) is 51.2 Å². The van der Waals surface area contributed by atoms with Crippen molar-refractivity contribution in [1.82, 2.24) is 4.90 Å². The van der Waals surface area contributed by atoms with Crippen molar-refractivity contribution in [2.24, 2.45) is 35.5 Å². The van der Waals surface area contributed by atoms with Crippen LogP contribution in [0.25, 0.3) is 0 Å². The molecule has 22 nitrogen and oxygen atoms in total. The number of hydrogen-bond acceptors (Lipinski definition) is 21. The van der Waals surface area contributed by atoms with Crippen molar-refractivity contribution in [2.75, 3.05) is 54.3 Å². The molecule has 490 valence electrons. The van der Waals surface area contributed by atoms with Crippen LogP contribution in [0.4, 0.5) is 9.59 Å². The quantitative estimate of drug-likeness (QED) is 0.109. The second-order valence-electron chi connectivity index (χ2n) is 25.8. The summed E-state index contributed by atoms with van der Waals surface area (Å²) in [6.45, 7) is 19.7. The third kappa shape index (κ3) is 20.0. The molecule has 5 heterocycles. The van der Waals surface area contributed by atoms with Gasteiger partial charge in [0.15, 0.2) is 29.2 Å². The number of aliphatic hydroxyl groups is 1. The summed E-state index contributed by atoms with van der Waals surface area (Å²) in [4.78, 5) is 101. The Hall–Kier alpha value is -4.91. The molecular formula is C65H99NO21. The van der Waals surface area contributed by atoms with Gasteiger partial charge in [-0.15, -0.1) is 0 Å². The number of carbonyl (C=O) groups is 7. The fraction of sp³-hybridized carbons (Fsp3) is 0.769. The van der Waals surface area contributed by atoms with Crippen LogP contribution in [-0.4, -0.2) is 184 Å². The van der Waals surface area contributed by atoms with Crippen molar-refractivity contribution in [2.45, 2.75) is 232 Å². The number of nitrogens with zero attached hydrogens (tertiary/aromatic N) is 1. The van der Waals surface area contributed by atoms with Crippen LogP contribution in [0.1, 0.15) is 153 Å². The number of esters is 1. The van der Waals surface area contributed by atoms with Gasteiger partial charge in [0.1, 0.15) is 49.8 Å². The van der Waals surface area contributed by atoms with Crippen molar-refractivity contribution in [1.29, 1.82) is 0 Å². The first-order valence-corrected chi connectivity index (χ1v) is 31.2. The number of amides is 1. The van der Waals surface area contributed by atoms with Gasteiger partial charge >= 0.3 is 18.3 Å². The molecule has 1 N–H and O–H groups in total. The number of allylic oxidation sites excluding steroid dienone is 6. The van der Waals surface area contributed by atoms with Crippen molar-refractivity contribution >= 4 is 41.5 Å². The average Bonchev–Trinajstić information content (AvgIpc) is 1.70. The third-order valence-electron chi connectivity index (χ3n) is 17.8. The zero-order valence-corrected chi connectivity index (χ0v) is 53.8. The first kappa shape index (κ1) is 71.2. The molecule has 1 aliphatic carbocycles. The average molecular weight is 1230 g/mol. The summed E-state index contributed by atoms with van der Waals surface area (Å²) in [5.41, 5.74) is 1.05. The van der Waals surface area contributed by atoms with E-state index in [1.54, 1.807) is 68.6 Å². The lowest BCUT2D eigenvalue weighted by molar-refractivity contribution is -0.265. The van der Waals surface area contributed by atoms with Gasteiger partial charge in [0.25, 0.3) is 11.7 Å². The van der Waals surface area contributed by atoms with E-state index in [4.69, 9.17) is 61.6 Å². The Morgan fingerprint density at radius 2 is 1.40 bits per heavy atom. The van der Waals surface area contributed by atoms with Gasteiger partial charge in [-0.2, -0.15) is 0 Å². The summed E-state index contributed by atoms with van der Waals surface area (Å²) >= 11 is 0. The van der Waals surface area contributed by atoms with Gasteiger partial charge < -0.3 is 71.6 Å². The fourth-order valence-electron chi connectivity index (χ4n) is 12.7. The number of hydrogen-bond donors (Lipinski definition) is 1. The number of rotatable bonds is 12. The van der Waals surface area contributed by atoms with E-state index in [-0.39, 0.29) is 75.4 Å². The van der Waals surface area contributed by atoms with Gasteiger partial charge in [-0.25, -0.2) is 14.4 Å². The SMILES string of the molecule is CO[C@H]1CC2CC[C@@H](C)[C@@](O)(O2)C(=O)C(=O)N2CCCCC2C(=O)O[C@H]([C@H](C)C[C@@H]2CC[C@@H](OC(=O)OCC3COC(C)(C)O3)[C@H](OC)C2)CC(=O)/C(C)=C/C(C)[C@@H](OC(=O)OCC2COC(C)(C)O2)[C@@H](OC)C(=O)[C@H](C)C[C@H](C)C=CC=CC=C1C. The summed E-state index contributed by atoms with van der Waals surface area (Å²) in [5.74, 6) is -10.9. The summed E-state index contributed by atoms with van der Waals surface area (Å²) in [5, 5.41) is 12.1. The topological polar surface area (TPSA) is 263 Å². The highest BCUT2D eigenvalue weighted by atomic mass is 16.8. The summed E-state index contributed by atoms with van der Waals surface area (Å²) in [6, 6.07) is -1.24. The predicted octanol–water partition coefficient (Wildman–Crippen LogP) is 8.81. The van der Waals surface area contributed by atoms with Crippen molar-refractivity contribution in [3.8, 4) is 0 Å². The van der Waals surface area contributed by atoms with E-state index in [9.17, 15) is 38.7 Å². The number of piperidine rings is 1. The molecule has 5 unspecified atom stereocenters. The maximum atomic E-state index is 14.8. The zero-order chi connectivity index (χ0) is 64.0. The molecule has 0 spiro atoms. The molecule has 87 heavy (non-hydrogen) atoms. The number of fused-ring (bicyclic) bond motifs is 3. The minimum absolute atomic E-state index is 0.0220. The molecule has 4 saturated heterocycles. The van der Waals surface area contributed by atoms with Crippen molar-refractivity contribution < 1.29 is 100 Å². The molecule has 0 radical (unpaired) electrons. The number of methoxy groups -OCH3 is 3. The second-order valence-corrected chi connectivity index (χ2v) is 25.8. The molecule has 2 bridgehead atoms. The molecule has 6 rings (SSSR count). The highest BCUT2D eigenvalue weighted by Gasteiger charge is 2.53. The van der Waals surface area contributed by atoms with Crippen molar-refractivity contribution in [3.63, 3.8) is 0 Å². The Kier molecular flexibility index (Phi) is 26.3. The van der Waals surface area contributed by atoms with Gasteiger partial charge in [0, 0.05) is 58.5 Å².